The Labute approximate surface area is 132 Å². The summed E-state index contributed by atoms with van der Waals surface area (Å²) >= 11 is 8.98. The van der Waals surface area contributed by atoms with Crippen molar-refractivity contribution in [1.29, 1.82) is 0 Å². The van der Waals surface area contributed by atoms with Crippen LogP contribution in [0.3, 0.4) is 0 Å². The zero-order chi connectivity index (χ0) is 15.6. The zero-order valence-corrected chi connectivity index (χ0v) is 12.9. The Bertz CT molecular complexity index is 625. The third-order valence-corrected chi connectivity index (χ3v) is 3.74. The van der Waals surface area contributed by atoms with Crippen LogP contribution in [0.2, 0.25) is 5.02 Å². The number of anilines is 1. The fourth-order valence-electron chi connectivity index (χ4n) is 1.84. The van der Waals surface area contributed by atoms with Crippen LogP contribution in [-0.4, -0.2) is 11.7 Å². The maximum absolute atomic E-state index is 13.5. The zero-order valence-electron chi connectivity index (χ0n) is 10.5. The minimum atomic E-state index is -1.42. The lowest BCUT2D eigenvalue weighted by Crippen LogP contribution is -2.15. The SMILES string of the molecule is OC(CNc1c(Cl)cc(F)cc1Br)c1c(F)cccc1F. The molecule has 21 heavy (non-hydrogen) atoms. The van der Waals surface area contributed by atoms with Gasteiger partial charge in [0.1, 0.15) is 23.6 Å². The van der Waals surface area contributed by atoms with Crippen molar-refractivity contribution in [3.05, 3.63) is 62.8 Å². The molecule has 1 atom stereocenters. The highest BCUT2D eigenvalue weighted by Crippen LogP contribution is 2.32. The van der Waals surface area contributed by atoms with Gasteiger partial charge in [0, 0.05) is 11.0 Å². The lowest BCUT2D eigenvalue weighted by molar-refractivity contribution is 0.181. The minimum absolute atomic E-state index is 0.0862. The molecule has 2 N–H and O–H groups in total. The van der Waals surface area contributed by atoms with Gasteiger partial charge in [-0.3, -0.25) is 0 Å². The molecule has 0 aliphatic carbocycles. The van der Waals surface area contributed by atoms with Crippen LogP contribution in [0.5, 0.6) is 0 Å². The van der Waals surface area contributed by atoms with Crippen LogP contribution in [0.1, 0.15) is 11.7 Å². The quantitative estimate of drug-likeness (QED) is 0.808. The molecule has 1 unspecified atom stereocenters. The van der Waals surface area contributed by atoms with Crippen molar-refractivity contribution in [3.8, 4) is 0 Å². The molecule has 2 aromatic carbocycles. The van der Waals surface area contributed by atoms with E-state index in [9.17, 15) is 18.3 Å². The van der Waals surface area contributed by atoms with Crippen LogP contribution < -0.4 is 5.32 Å². The molecule has 2 aromatic rings. The Kier molecular flexibility index (Phi) is 5.13. The van der Waals surface area contributed by atoms with E-state index in [2.05, 4.69) is 21.2 Å². The highest BCUT2D eigenvalue weighted by Gasteiger charge is 2.18. The third kappa shape index (κ3) is 3.70. The van der Waals surface area contributed by atoms with Gasteiger partial charge >= 0.3 is 0 Å². The second kappa shape index (κ2) is 6.68. The summed E-state index contributed by atoms with van der Waals surface area (Å²) in [5.41, 5.74) is -0.103. The first-order valence-electron chi connectivity index (χ1n) is 5.90. The summed E-state index contributed by atoms with van der Waals surface area (Å²) in [6.07, 6.45) is -1.42. The van der Waals surface area contributed by atoms with Crippen molar-refractivity contribution in [2.45, 2.75) is 6.10 Å². The van der Waals surface area contributed by atoms with Crippen molar-refractivity contribution in [3.63, 3.8) is 0 Å². The molecule has 0 aliphatic heterocycles. The molecular formula is C14H10BrClF3NO. The van der Waals surface area contributed by atoms with Gasteiger partial charge in [-0.2, -0.15) is 0 Å². The van der Waals surface area contributed by atoms with Crippen LogP contribution in [0.25, 0.3) is 0 Å². The van der Waals surface area contributed by atoms with E-state index in [-0.39, 0.29) is 11.6 Å². The van der Waals surface area contributed by atoms with Gasteiger partial charge < -0.3 is 10.4 Å². The number of benzene rings is 2. The highest BCUT2D eigenvalue weighted by molar-refractivity contribution is 9.10. The first-order chi connectivity index (χ1) is 9.90. The monoisotopic (exact) mass is 379 g/mol. The number of hydrogen-bond acceptors (Lipinski definition) is 2. The average Bonchev–Trinajstić information content (AvgIpc) is 2.37. The summed E-state index contributed by atoms with van der Waals surface area (Å²) in [4.78, 5) is 0. The van der Waals surface area contributed by atoms with Gasteiger partial charge in [-0.15, -0.1) is 0 Å². The maximum atomic E-state index is 13.5. The summed E-state index contributed by atoms with van der Waals surface area (Å²) in [5.74, 6) is -2.21. The smallest absolute Gasteiger partial charge is 0.132 e. The molecule has 0 spiro atoms. The number of halogens is 5. The number of aliphatic hydroxyl groups is 1. The van der Waals surface area contributed by atoms with E-state index in [1.807, 2.05) is 0 Å². The molecule has 0 saturated carbocycles. The molecule has 2 nitrogen and oxygen atoms in total. The normalized spacial score (nSPS) is 12.3. The molecule has 2 rings (SSSR count). The van der Waals surface area contributed by atoms with E-state index in [0.29, 0.717) is 10.2 Å². The Balaban J connectivity index is 2.17. The van der Waals surface area contributed by atoms with E-state index in [1.165, 1.54) is 12.1 Å². The molecule has 0 fully saturated rings. The molecule has 0 saturated heterocycles. The fourth-order valence-corrected chi connectivity index (χ4v) is 2.80. The average molecular weight is 381 g/mol. The molecule has 0 radical (unpaired) electrons. The second-order valence-corrected chi connectivity index (χ2v) is 5.54. The lowest BCUT2D eigenvalue weighted by atomic mass is 10.1. The predicted octanol–water partition coefficient (Wildman–Crippen LogP) is 4.67. The third-order valence-electron chi connectivity index (χ3n) is 2.81. The molecule has 0 aliphatic rings. The predicted molar refractivity (Wildman–Crippen MR) is 78.9 cm³/mol. The largest absolute Gasteiger partial charge is 0.386 e. The standard InChI is InChI=1S/C14H10BrClF3NO/c15-8-4-7(17)5-9(16)14(8)20-6-12(21)13-10(18)2-1-3-11(13)19/h1-5,12,20-21H,6H2. The Morgan fingerprint density at radius 2 is 1.81 bits per heavy atom. The summed E-state index contributed by atoms with van der Waals surface area (Å²) in [6.45, 7) is -0.193. The molecule has 7 heteroatoms. The lowest BCUT2D eigenvalue weighted by Gasteiger charge is -2.16. The molecule has 0 heterocycles. The van der Waals surface area contributed by atoms with E-state index < -0.39 is 29.1 Å². The van der Waals surface area contributed by atoms with Crippen molar-refractivity contribution in [2.75, 3.05) is 11.9 Å². The Morgan fingerprint density at radius 3 is 2.38 bits per heavy atom. The van der Waals surface area contributed by atoms with E-state index >= 15 is 0 Å². The molecule has 112 valence electrons. The van der Waals surface area contributed by atoms with E-state index in [4.69, 9.17) is 11.6 Å². The molecule has 0 amide bonds. The van der Waals surface area contributed by atoms with Crippen LogP contribution in [-0.2, 0) is 0 Å². The van der Waals surface area contributed by atoms with Crippen molar-refractivity contribution < 1.29 is 18.3 Å². The van der Waals surface area contributed by atoms with Crippen LogP contribution >= 0.6 is 27.5 Å². The Morgan fingerprint density at radius 1 is 1.19 bits per heavy atom. The maximum Gasteiger partial charge on any atom is 0.132 e. The number of nitrogens with one attached hydrogen (secondary N) is 1. The summed E-state index contributed by atoms with van der Waals surface area (Å²) in [6, 6.07) is 5.60. The van der Waals surface area contributed by atoms with Crippen LogP contribution in [0.4, 0.5) is 18.9 Å². The minimum Gasteiger partial charge on any atom is -0.386 e. The summed E-state index contributed by atoms with van der Waals surface area (Å²) in [7, 11) is 0. The number of aliphatic hydroxyl groups excluding tert-OH is 1. The van der Waals surface area contributed by atoms with Crippen molar-refractivity contribution >= 4 is 33.2 Å². The summed E-state index contributed by atoms with van der Waals surface area (Å²) < 4.78 is 40.5. The van der Waals surface area contributed by atoms with Crippen molar-refractivity contribution in [1.82, 2.24) is 0 Å². The fraction of sp³-hybridized carbons (Fsp3) is 0.143. The summed E-state index contributed by atoms with van der Waals surface area (Å²) in [5, 5.41) is 12.7. The molecule has 0 bridgehead atoms. The van der Waals surface area contributed by atoms with Crippen molar-refractivity contribution in [2.24, 2.45) is 0 Å². The van der Waals surface area contributed by atoms with E-state index in [1.54, 1.807) is 0 Å². The van der Waals surface area contributed by atoms with Gasteiger partial charge in [0.25, 0.3) is 0 Å². The van der Waals surface area contributed by atoms with E-state index in [0.717, 1.165) is 18.2 Å². The van der Waals surface area contributed by atoms with Crippen LogP contribution in [0, 0.1) is 17.5 Å². The second-order valence-electron chi connectivity index (χ2n) is 4.28. The topological polar surface area (TPSA) is 32.3 Å². The van der Waals surface area contributed by atoms with Gasteiger partial charge in [-0.05, 0) is 40.2 Å². The highest BCUT2D eigenvalue weighted by atomic mass is 79.9. The first kappa shape index (κ1) is 16.1. The van der Waals surface area contributed by atoms with Gasteiger partial charge in [0.2, 0.25) is 0 Å². The molecular weight excluding hydrogens is 371 g/mol. The molecule has 0 aromatic heterocycles. The van der Waals surface area contributed by atoms with Gasteiger partial charge in [-0.25, -0.2) is 13.2 Å². The van der Waals surface area contributed by atoms with Crippen LogP contribution in [0.15, 0.2) is 34.8 Å². The first-order valence-corrected chi connectivity index (χ1v) is 7.07. The number of rotatable bonds is 4. The van der Waals surface area contributed by atoms with Gasteiger partial charge in [0.05, 0.1) is 16.3 Å². The number of hydrogen-bond donors (Lipinski definition) is 2. The Hall–Kier alpha value is -1.24. The van der Waals surface area contributed by atoms with Gasteiger partial charge in [0.15, 0.2) is 0 Å². The van der Waals surface area contributed by atoms with Gasteiger partial charge in [-0.1, -0.05) is 17.7 Å².